The minimum atomic E-state index is -0.851. The van der Waals surface area contributed by atoms with Gasteiger partial charge in [-0.1, -0.05) is 42.5 Å². The zero-order valence-electron chi connectivity index (χ0n) is 12.9. The van der Waals surface area contributed by atoms with Crippen LogP contribution in [0.4, 0.5) is 0 Å². The van der Waals surface area contributed by atoms with Gasteiger partial charge in [0.05, 0.1) is 26.9 Å². The van der Waals surface area contributed by atoms with Crippen molar-refractivity contribution < 1.29 is 19.3 Å². The molecule has 1 unspecified atom stereocenters. The van der Waals surface area contributed by atoms with Crippen LogP contribution in [0.3, 0.4) is 0 Å². The van der Waals surface area contributed by atoms with Crippen LogP contribution in [0.1, 0.15) is 17.2 Å². The van der Waals surface area contributed by atoms with Crippen LogP contribution in [0, 0.1) is 0 Å². The standard InChI is InChI=1S/C18H20O4/c1-20-14-11-16(21-2)18(17(12-14)22-3)15(19)10-9-13-7-5-4-6-8-13/h4-12,15,19H,1-3H3/b10-9+. The summed E-state index contributed by atoms with van der Waals surface area (Å²) in [5, 5.41) is 10.5. The lowest BCUT2D eigenvalue weighted by Gasteiger charge is -2.17. The number of aliphatic hydroxyl groups excluding tert-OH is 1. The van der Waals surface area contributed by atoms with Gasteiger partial charge in [0.2, 0.25) is 0 Å². The number of methoxy groups -OCH3 is 3. The van der Waals surface area contributed by atoms with E-state index >= 15 is 0 Å². The molecule has 4 nitrogen and oxygen atoms in total. The van der Waals surface area contributed by atoms with E-state index in [1.54, 1.807) is 39.5 Å². The van der Waals surface area contributed by atoms with Gasteiger partial charge in [0.25, 0.3) is 0 Å². The number of hydrogen-bond donors (Lipinski definition) is 1. The van der Waals surface area contributed by atoms with E-state index in [2.05, 4.69) is 0 Å². The quantitative estimate of drug-likeness (QED) is 0.887. The van der Waals surface area contributed by atoms with E-state index in [1.165, 1.54) is 0 Å². The summed E-state index contributed by atoms with van der Waals surface area (Å²) < 4.78 is 15.9. The molecule has 0 saturated heterocycles. The van der Waals surface area contributed by atoms with E-state index in [1.807, 2.05) is 36.4 Å². The average molecular weight is 300 g/mol. The van der Waals surface area contributed by atoms with Gasteiger partial charge in [0, 0.05) is 12.1 Å². The van der Waals surface area contributed by atoms with E-state index < -0.39 is 6.10 Å². The third kappa shape index (κ3) is 3.59. The monoisotopic (exact) mass is 300 g/mol. The van der Waals surface area contributed by atoms with Crippen molar-refractivity contribution in [3.63, 3.8) is 0 Å². The van der Waals surface area contributed by atoms with Crippen molar-refractivity contribution in [2.75, 3.05) is 21.3 Å². The molecule has 0 aliphatic rings. The lowest BCUT2D eigenvalue weighted by atomic mass is 10.0. The fraction of sp³-hybridized carbons (Fsp3) is 0.222. The molecule has 2 aromatic carbocycles. The van der Waals surface area contributed by atoms with Crippen molar-refractivity contribution in [2.45, 2.75) is 6.10 Å². The Kier molecular flexibility index (Phi) is 5.44. The summed E-state index contributed by atoms with van der Waals surface area (Å²) in [5.41, 5.74) is 1.57. The van der Waals surface area contributed by atoms with Crippen molar-refractivity contribution in [3.8, 4) is 17.2 Å². The van der Waals surface area contributed by atoms with Gasteiger partial charge in [-0.05, 0) is 5.56 Å². The maximum absolute atomic E-state index is 10.5. The first-order valence-electron chi connectivity index (χ1n) is 6.90. The first kappa shape index (κ1) is 15.9. The molecule has 0 heterocycles. The largest absolute Gasteiger partial charge is 0.496 e. The van der Waals surface area contributed by atoms with Gasteiger partial charge in [-0.15, -0.1) is 0 Å². The van der Waals surface area contributed by atoms with Crippen LogP contribution in [0.15, 0.2) is 48.5 Å². The van der Waals surface area contributed by atoms with Crippen LogP contribution in [-0.2, 0) is 0 Å². The highest BCUT2D eigenvalue weighted by Crippen LogP contribution is 2.38. The summed E-state index contributed by atoms with van der Waals surface area (Å²) in [4.78, 5) is 0. The molecule has 0 aliphatic carbocycles. The van der Waals surface area contributed by atoms with Crippen LogP contribution in [0.25, 0.3) is 6.08 Å². The van der Waals surface area contributed by atoms with Crippen molar-refractivity contribution in [1.82, 2.24) is 0 Å². The normalized spacial score (nSPS) is 12.2. The summed E-state index contributed by atoms with van der Waals surface area (Å²) in [6.45, 7) is 0. The second kappa shape index (κ2) is 7.52. The molecule has 0 bridgehead atoms. The SMILES string of the molecule is COc1cc(OC)c(C(O)/C=C/c2ccccc2)c(OC)c1. The van der Waals surface area contributed by atoms with Gasteiger partial charge in [0.15, 0.2) is 0 Å². The fourth-order valence-corrected chi connectivity index (χ4v) is 2.19. The highest BCUT2D eigenvalue weighted by Gasteiger charge is 2.18. The van der Waals surface area contributed by atoms with E-state index in [9.17, 15) is 5.11 Å². The van der Waals surface area contributed by atoms with Gasteiger partial charge >= 0.3 is 0 Å². The van der Waals surface area contributed by atoms with Crippen LogP contribution in [-0.4, -0.2) is 26.4 Å². The first-order chi connectivity index (χ1) is 10.7. The van der Waals surface area contributed by atoms with Crippen molar-refractivity contribution >= 4 is 6.08 Å². The molecule has 0 amide bonds. The molecule has 1 atom stereocenters. The second-order valence-corrected chi connectivity index (χ2v) is 4.66. The summed E-state index contributed by atoms with van der Waals surface area (Å²) in [7, 11) is 4.66. The molecular formula is C18H20O4. The van der Waals surface area contributed by atoms with Crippen molar-refractivity contribution in [3.05, 3.63) is 59.7 Å². The lowest BCUT2D eigenvalue weighted by molar-refractivity contribution is 0.217. The van der Waals surface area contributed by atoms with Gasteiger partial charge in [-0.3, -0.25) is 0 Å². The van der Waals surface area contributed by atoms with Gasteiger partial charge in [0.1, 0.15) is 23.4 Å². The summed E-state index contributed by atoms with van der Waals surface area (Å²) in [6, 6.07) is 13.2. The minimum Gasteiger partial charge on any atom is -0.496 e. The van der Waals surface area contributed by atoms with E-state index in [0.717, 1.165) is 5.56 Å². The zero-order valence-corrected chi connectivity index (χ0v) is 12.9. The minimum absolute atomic E-state index is 0.515. The molecule has 2 rings (SSSR count). The predicted molar refractivity (Wildman–Crippen MR) is 86.5 cm³/mol. The molecule has 4 heteroatoms. The number of ether oxygens (including phenoxy) is 3. The second-order valence-electron chi connectivity index (χ2n) is 4.66. The third-order valence-electron chi connectivity index (χ3n) is 3.32. The summed E-state index contributed by atoms with van der Waals surface area (Å²) >= 11 is 0. The Morgan fingerprint density at radius 3 is 2.00 bits per heavy atom. The number of benzene rings is 2. The van der Waals surface area contributed by atoms with Crippen LogP contribution >= 0.6 is 0 Å². The van der Waals surface area contributed by atoms with E-state index in [0.29, 0.717) is 22.8 Å². The molecule has 22 heavy (non-hydrogen) atoms. The van der Waals surface area contributed by atoms with Crippen molar-refractivity contribution in [1.29, 1.82) is 0 Å². The third-order valence-corrected chi connectivity index (χ3v) is 3.32. The molecular weight excluding hydrogens is 280 g/mol. The Morgan fingerprint density at radius 1 is 0.909 bits per heavy atom. The Morgan fingerprint density at radius 2 is 1.50 bits per heavy atom. The number of rotatable bonds is 6. The van der Waals surface area contributed by atoms with Crippen LogP contribution in [0.5, 0.6) is 17.2 Å². The molecule has 116 valence electrons. The summed E-state index contributed by atoms with van der Waals surface area (Å²) in [6.07, 6.45) is 2.70. The van der Waals surface area contributed by atoms with Crippen molar-refractivity contribution in [2.24, 2.45) is 0 Å². The maximum Gasteiger partial charge on any atom is 0.132 e. The van der Waals surface area contributed by atoms with E-state index in [-0.39, 0.29) is 0 Å². The Balaban J connectivity index is 2.35. The van der Waals surface area contributed by atoms with Gasteiger partial charge in [-0.25, -0.2) is 0 Å². The molecule has 0 radical (unpaired) electrons. The smallest absolute Gasteiger partial charge is 0.132 e. The Labute approximate surface area is 130 Å². The van der Waals surface area contributed by atoms with Crippen LogP contribution in [0.2, 0.25) is 0 Å². The molecule has 0 aromatic heterocycles. The highest BCUT2D eigenvalue weighted by molar-refractivity contribution is 5.56. The topological polar surface area (TPSA) is 47.9 Å². The van der Waals surface area contributed by atoms with Gasteiger partial charge in [-0.2, -0.15) is 0 Å². The van der Waals surface area contributed by atoms with E-state index in [4.69, 9.17) is 14.2 Å². The maximum atomic E-state index is 10.5. The number of aliphatic hydroxyl groups is 1. The predicted octanol–water partition coefficient (Wildman–Crippen LogP) is 3.46. The Hall–Kier alpha value is -2.46. The lowest BCUT2D eigenvalue weighted by Crippen LogP contribution is -2.02. The average Bonchev–Trinajstić information content (AvgIpc) is 2.59. The summed E-state index contributed by atoms with van der Waals surface area (Å²) in [5.74, 6) is 1.64. The highest BCUT2D eigenvalue weighted by atomic mass is 16.5. The number of hydrogen-bond acceptors (Lipinski definition) is 4. The first-order valence-corrected chi connectivity index (χ1v) is 6.90. The molecule has 0 saturated carbocycles. The Bertz CT molecular complexity index is 610. The molecule has 0 aliphatic heterocycles. The molecule has 0 fully saturated rings. The molecule has 0 spiro atoms. The van der Waals surface area contributed by atoms with Gasteiger partial charge < -0.3 is 19.3 Å². The zero-order chi connectivity index (χ0) is 15.9. The van der Waals surface area contributed by atoms with Crippen LogP contribution < -0.4 is 14.2 Å². The molecule has 2 aromatic rings. The fourth-order valence-electron chi connectivity index (χ4n) is 2.19. The molecule has 1 N–H and O–H groups in total.